The fourth-order valence-electron chi connectivity index (χ4n) is 3.61. The van der Waals surface area contributed by atoms with E-state index in [9.17, 15) is 14.4 Å². The summed E-state index contributed by atoms with van der Waals surface area (Å²) >= 11 is 0. The average Bonchev–Trinajstić information content (AvgIpc) is 3.49. The standard InChI is InChI=1S/C26H25N3O4/c1-18-9-11-20(12-10-18)25(31)28-23(16-22-7-4-14-33-22)26(32)27-17-19-5-2-6-21(15-19)29-13-3-8-24(29)30/h2,4-7,9-12,14-16H,3,8,13,17H2,1H3,(H,27,32)(H,28,31)/b23-16-. The number of anilines is 1. The van der Waals surface area contributed by atoms with Gasteiger partial charge in [-0.1, -0.05) is 29.8 Å². The number of carbonyl (C=O) groups is 3. The number of aryl methyl sites for hydroxylation is 1. The molecule has 0 bridgehead atoms. The van der Waals surface area contributed by atoms with E-state index in [1.54, 1.807) is 29.2 Å². The maximum atomic E-state index is 13.0. The Kier molecular flexibility index (Phi) is 6.69. The molecule has 0 radical (unpaired) electrons. The number of hydrogen-bond acceptors (Lipinski definition) is 4. The van der Waals surface area contributed by atoms with Gasteiger partial charge in [-0.05, 0) is 55.3 Å². The Labute approximate surface area is 192 Å². The van der Waals surface area contributed by atoms with Crippen molar-refractivity contribution < 1.29 is 18.8 Å². The summed E-state index contributed by atoms with van der Waals surface area (Å²) in [6.45, 7) is 2.88. The molecule has 33 heavy (non-hydrogen) atoms. The quantitative estimate of drug-likeness (QED) is 0.544. The van der Waals surface area contributed by atoms with Crippen LogP contribution in [0.25, 0.3) is 6.08 Å². The van der Waals surface area contributed by atoms with Crippen LogP contribution in [0.1, 0.15) is 40.1 Å². The summed E-state index contributed by atoms with van der Waals surface area (Å²) in [5.74, 6) is -0.287. The molecule has 168 valence electrons. The second-order valence-corrected chi connectivity index (χ2v) is 7.90. The number of carbonyl (C=O) groups excluding carboxylic acids is 3. The predicted molar refractivity (Wildman–Crippen MR) is 125 cm³/mol. The number of benzene rings is 2. The number of nitrogens with zero attached hydrogens (tertiary/aromatic N) is 1. The molecule has 7 heteroatoms. The lowest BCUT2D eigenvalue weighted by Gasteiger charge is -2.17. The first-order valence-electron chi connectivity index (χ1n) is 10.8. The van der Waals surface area contributed by atoms with Gasteiger partial charge in [0.05, 0.1) is 6.26 Å². The summed E-state index contributed by atoms with van der Waals surface area (Å²) in [5, 5.41) is 5.53. The lowest BCUT2D eigenvalue weighted by molar-refractivity contribution is -0.118. The lowest BCUT2D eigenvalue weighted by Crippen LogP contribution is -2.34. The molecule has 3 aromatic rings. The normalized spacial score (nSPS) is 13.8. The molecule has 0 unspecified atom stereocenters. The molecular formula is C26H25N3O4. The Hall–Kier alpha value is -4.13. The van der Waals surface area contributed by atoms with Crippen LogP contribution < -0.4 is 15.5 Å². The first-order chi connectivity index (χ1) is 16.0. The van der Waals surface area contributed by atoms with Gasteiger partial charge in [-0.3, -0.25) is 14.4 Å². The van der Waals surface area contributed by atoms with Crippen LogP contribution in [0.2, 0.25) is 0 Å². The average molecular weight is 444 g/mol. The Morgan fingerprint density at radius 2 is 1.91 bits per heavy atom. The zero-order chi connectivity index (χ0) is 23.2. The van der Waals surface area contributed by atoms with E-state index in [1.165, 1.54) is 12.3 Å². The molecule has 2 N–H and O–H groups in total. The highest BCUT2D eigenvalue weighted by Crippen LogP contribution is 2.22. The molecule has 2 heterocycles. The second kappa shape index (κ2) is 9.99. The van der Waals surface area contributed by atoms with E-state index in [0.717, 1.165) is 23.2 Å². The number of nitrogens with one attached hydrogen (secondary N) is 2. The van der Waals surface area contributed by atoms with Gasteiger partial charge in [0.2, 0.25) is 5.91 Å². The molecule has 1 saturated heterocycles. The molecule has 1 aliphatic rings. The van der Waals surface area contributed by atoms with Gasteiger partial charge < -0.3 is 20.0 Å². The lowest BCUT2D eigenvalue weighted by atomic mass is 10.1. The summed E-state index contributed by atoms with van der Waals surface area (Å²) in [6.07, 6.45) is 4.39. The highest BCUT2D eigenvalue weighted by atomic mass is 16.3. The van der Waals surface area contributed by atoms with E-state index in [-0.39, 0.29) is 18.1 Å². The first-order valence-corrected chi connectivity index (χ1v) is 10.8. The minimum Gasteiger partial charge on any atom is -0.465 e. The summed E-state index contributed by atoms with van der Waals surface area (Å²) in [6, 6.07) is 18.0. The van der Waals surface area contributed by atoms with E-state index in [4.69, 9.17) is 4.42 Å². The monoisotopic (exact) mass is 443 g/mol. The number of rotatable bonds is 7. The number of amides is 3. The zero-order valence-electron chi connectivity index (χ0n) is 18.3. The zero-order valence-corrected chi connectivity index (χ0v) is 18.3. The molecular weight excluding hydrogens is 418 g/mol. The summed E-state index contributed by atoms with van der Waals surface area (Å²) in [7, 11) is 0. The van der Waals surface area contributed by atoms with Crippen LogP contribution in [0.15, 0.2) is 77.0 Å². The van der Waals surface area contributed by atoms with Gasteiger partial charge in [0.15, 0.2) is 0 Å². The number of hydrogen-bond donors (Lipinski definition) is 2. The van der Waals surface area contributed by atoms with Crippen LogP contribution in [0.4, 0.5) is 5.69 Å². The summed E-state index contributed by atoms with van der Waals surface area (Å²) < 4.78 is 5.32. The van der Waals surface area contributed by atoms with Gasteiger partial charge in [0.1, 0.15) is 11.5 Å². The fourth-order valence-corrected chi connectivity index (χ4v) is 3.61. The van der Waals surface area contributed by atoms with Gasteiger partial charge >= 0.3 is 0 Å². The SMILES string of the molecule is Cc1ccc(C(=O)N/C(=C\c2ccco2)C(=O)NCc2cccc(N3CCCC3=O)c2)cc1. The molecule has 0 aliphatic carbocycles. The largest absolute Gasteiger partial charge is 0.465 e. The molecule has 4 rings (SSSR count). The van der Waals surface area contributed by atoms with Crippen molar-refractivity contribution >= 4 is 29.5 Å². The van der Waals surface area contributed by atoms with Crippen molar-refractivity contribution in [2.75, 3.05) is 11.4 Å². The molecule has 1 aliphatic heterocycles. The van der Waals surface area contributed by atoms with Gasteiger partial charge in [-0.15, -0.1) is 0 Å². The van der Waals surface area contributed by atoms with Crippen molar-refractivity contribution in [1.29, 1.82) is 0 Å². The summed E-state index contributed by atoms with van der Waals surface area (Å²) in [5.41, 5.74) is 3.22. The second-order valence-electron chi connectivity index (χ2n) is 7.90. The molecule has 0 spiro atoms. The van der Waals surface area contributed by atoms with Crippen molar-refractivity contribution in [3.63, 3.8) is 0 Å². The molecule has 1 fully saturated rings. The molecule has 0 atom stereocenters. The van der Waals surface area contributed by atoms with Crippen LogP contribution in [0.3, 0.4) is 0 Å². The molecule has 3 amide bonds. The third kappa shape index (κ3) is 5.57. The van der Waals surface area contributed by atoms with E-state index in [1.807, 2.05) is 43.3 Å². The third-order valence-corrected chi connectivity index (χ3v) is 5.39. The topological polar surface area (TPSA) is 91.7 Å². The minimum absolute atomic E-state index is 0.0707. The van der Waals surface area contributed by atoms with Crippen LogP contribution in [-0.4, -0.2) is 24.3 Å². The van der Waals surface area contributed by atoms with E-state index < -0.39 is 11.8 Å². The van der Waals surface area contributed by atoms with Gasteiger partial charge in [0.25, 0.3) is 11.8 Å². The number of furan rings is 1. The maximum absolute atomic E-state index is 13.0. The minimum atomic E-state index is -0.450. The van der Waals surface area contributed by atoms with Crippen molar-refractivity contribution in [1.82, 2.24) is 10.6 Å². The smallest absolute Gasteiger partial charge is 0.268 e. The Balaban J connectivity index is 1.47. The fraction of sp³-hybridized carbons (Fsp3) is 0.192. The molecule has 2 aromatic carbocycles. The molecule has 1 aromatic heterocycles. The van der Waals surface area contributed by atoms with E-state index >= 15 is 0 Å². The van der Waals surface area contributed by atoms with Crippen molar-refractivity contribution in [2.24, 2.45) is 0 Å². The van der Waals surface area contributed by atoms with Crippen molar-refractivity contribution in [3.05, 3.63) is 95.1 Å². The van der Waals surface area contributed by atoms with Crippen LogP contribution >= 0.6 is 0 Å². The highest BCUT2D eigenvalue weighted by Gasteiger charge is 2.22. The van der Waals surface area contributed by atoms with E-state index in [2.05, 4.69) is 10.6 Å². The summed E-state index contributed by atoms with van der Waals surface area (Å²) in [4.78, 5) is 39.4. The first kappa shape index (κ1) is 22.1. The van der Waals surface area contributed by atoms with E-state index in [0.29, 0.717) is 24.3 Å². The van der Waals surface area contributed by atoms with Crippen LogP contribution in [0.5, 0.6) is 0 Å². The van der Waals surface area contributed by atoms with Gasteiger partial charge in [-0.25, -0.2) is 0 Å². The maximum Gasteiger partial charge on any atom is 0.268 e. The predicted octanol–water partition coefficient (Wildman–Crippen LogP) is 3.80. The van der Waals surface area contributed by atoms with Crippen molar-refractivity contribution in [2.45, 2.75) is 26.3 Å². The van der Waals surface area contributed by atoms with Crippen molar-refractivity contribution in [3.8, 4) is 0 Å². The Morgan fingerprint density at radius 1 is 1.09 bits per heavy atom. The van der Waals surface area contributed by atoms with Gasteiger partial charge in [0, 0.05) is 36.8 Å². The molecule has 0 saturated carbocycles. The highest BCUT2D eigenvalue weighted by molar-refractivity contribution is 6.05. The Morgan fingerprint density at radius 3 is 2.61 bits per heavy atom. The Bertz CT molecular complexity index is 1180. The van der Waals surface area contributed by atoms with Crippen LogP contribution in [0, 0.1) is 6.92 Å². The third-order valence-electron chi connectivity index (χ3n) is 5.39. The van der Waals surface area contributed by atoms with Gasteiger partial charge in [-0.2, -0.15) is 0 Å². The van der Waals surface area contributed by atoms with Crippen LogP contribution in [-0.2, 0) is 16.1 Å². The molecule has 7 nitrogen and oxygen atoms in total.